The summed E-state index contributed by atoms with van der Waals surface area (Å²) in [6.45, 7) is 2.19. The van der Waals surface area contributed by atoms with Crippen LogP contribution in [0.25, 0.3) is 0 Å². The van der Waals surface area contributed by atoms with Crippen molar-refractivity contribution in [3.63, 3.8) is 0 Å². The molecule has 3 heterocycles. The molecule has 0 aromatic rings. The first-order valence-corrected chi connectivity index (χ1v) is 39.6. The molecular formula is C76H142N2O21. The van der Waals surface area contributed by atoms with Crippen LogP contribution in [0.15, 0.2) is 12.2 Å². The fourth-order valence-corrected chi connectivity index (χ4v) is 13.9. The molecule has 0 spiro atoms. The Morgan fingerprint density at radius 2 is 0.939 bits per heavy atom. The summed E-state index contributed by atoms with van der Waals surface area (Å²) in [5, 5.41) is 136. The summed E-state index contributed by atoms with van der Waals surface area (Å²) in [5.74, 6) is -6.13. The fourth-order valence-electron chi connectivity index (χ4n) is 13.9. The van der Waals surface area contributed by atoms with E-state index in [9.17, 15) is 75.7 Å². The van der Waals surface area contributed by atoms with Gasteiger partial charge in [0.1, 0.15) is 67.1 Å². The van der Waals surface area contributed by atoms with Gasteiger partial charge in [0.2, 0.25) is 11.8 Å². The van der Waals surface area contributed by atoms with Crippen LogP contribution in [0.5, 0.6) is 0 Å². The molecule has 0 radical (unpaired) electrons. The van der Waals surface area contributed by atoms with Gasteiger partial charge in [0, 0.05) is 19.8 Å². The minimum Gasteiger partial charge on any atom is -0.477 e. The normalized spacial score (nSPS) is 27.1. The molecule has 2 amide bonds. The van der Waals surface area contributed by atoms with Crippen LogP contribution >= 0.6 is 0 Å². The smallest absolute Gasteiger partial charge is 0.364 e. The second-order valence-electron chi connectivity index (χ2n) is 28.9. The van der Waals surface area contributed by atoms with Gasteiger partial charge in [-0.1, -0.05) is 289 Å². The van der Waals surface area contributed by atoms with Crippen LogP contribution < -0.4 is 10.6 Å². The second-order valence-corrected chi connectivity index (χ2v) is 28.9. The lowest BCUT2D eigenvalue weighted by molar-refractivity contribution is -0.386. The molecule has 0 aliphatic carbocycles. The van der Waals surface area contributed by atoms with Crippen LogP contribution in [0.2, 0.25) is 0 Å². The largest absolute Gasteiger partial charge is 0.477 e. The Balaban J connectivity index is 1.53. The maximum atomic E-state index is 13.5. The maximum absolute atomic E-state index is 13.5. The standard InChI is InChI=1S/C76H142N2O21/c1-4-6-8-10-12-14-16-18-20-22-24-25-26-27-28-29-30-32-34-36-38-40-42-44-46-48-50-63(86)78-57(58(83)49-47-45-43-41-39-37-35-33-31-23-21-19-17-15-13-11-9-7-5-2)55-94-73-68(90)67(89)70(62(54-81)96-73)97-74-69(91)72(66(88)61(53-80)95-74)99-76(75(92)93)51-59(84)64(77-56(3)82)71(98-76)65(87)60(85)52-79/h47,49,57-62,64-74,79-81,83-85,87-91H,4-46,48,50-55H2,1-3H3,(H,77,82)(H,78,86)(H,92,93)/b49-47+. The van der Waals surface area contributed by atoms with Gasteiger partial charge in [-0.05, 0) is 19.3 Å². The van der Waals surface area contributed by atoms with Crippen molar-refractivity contribution in [2.24, 2.45) is 0 Å². The lowest BCUT2D eigenvalue weighted by Gasteiger charge is -2.50. The predicted octanol–water partition coefficient (Wildman–Crippen LogP) is 9.80. The third kappa shape index (κ3) is 36.8. The van der Waals surface area contributed by atoms with Crippen molar-refractivity contribution in [3.05, 3.63) is 12.2 Å². The number of ether oxygens (including phenoxy) is 6. The van der Waals surface area contributed by atoms with E-state index in [2.05, 4.69) is 24.5 Å². The van der Waals surface area contributed by atoms with E-state index in [-0.39, 0.29) is 12.3 Å². The monoisotopic (exact) mass is 1420 g/mol. The van der Waals surface area contributed by atoms with Crippen molar-refractivity contribution in [2.45, 2.75) is 426 Å². The number of amides is 2. The van der Waals surface area contributed by atoms with Crippen LogP contribution in [0.3, 0.4) is 0 Å². The van der Waals surface area contributed by atoms with Crippen molar-refractivity contribution in [1.29, 1.82) is 0 Å². The average Bonchev–Trinajstić information content (AvgIpc) is 0.753. The van der Waals surface area contributed by atoms with Gasteiger partial charge in [-0.3, -0.25) is 9.59 Å². The Labute approximate surface area is 594 Å². The Morgan fingerprint density at radius 1 is 0.525 bits per heavy atom. The Hall–Kier alpha value is -2.53. The van der Waals surface area contributed by atoms with Crippen LogP contribution in [-0.4, -0.2) is 215 Å². The molecule has 18 atom stereocenters. The zero-order valence-corrected chi connectivity index (χ0v) is 61.4. The lowest BCUT2D eigenvalue weighted by Crippen LogP contribution is -2.70. The van der Waals surface area contributed by atoms with Gasteiger partial charge in [-0.25, -0.2) is 4.79 Å². The molecule has 3 aliphatic rings. The van der Waals surface area contributed by atoms with Gasteiger partial charge in [-0.2, -0.15) is 0 Å². The molecule has 18 unspecified atom stereocenters. The second kappa shape index (κ2) is 55.9. The van der Waals surface area contributed by atoms with E-state index >= 15 is 0 Å². The van der Waals surface area contributed by atoms with Crippen LogP contribution in [0, 0.1) is 0 Å². The van der Waals surface area contributed by atoms with E-state index in [0.29, 0.717) is 12.8 Å². The number of rotatable bonds is 62. The number of carbonyl (C=O) groups excluding carboxylic acids is 2. The molecule has 23 nitrogen and oxygen atoms in total. The van der Waals surface area contributed by atoms with Gasteiger partial charge in [0.05, 0.1) is 50.7 Å². The summed E-state index contributed by atoms with van der Waals surface area (Å²) in [7, 11) is 0. The first-order valence-electron chi connectivity index (χ1n) is 39.6. The summed E-state index contributed by atoms with van der Waals surface area (Å²) in [5.41, 5.74) is 0. The number of unbranched alkanes of at least 4 members (excludes halogenated alkanes) is 42. The van der Waals surface area contributed by atoms with E-state index in [1.807, 2.05) is 6.08 Å². The number of nitrogens with one attached hydrogen (secondary N) is 2. The number of carboxylic acids is 1. The van der Waals surface area contributed by atoms with E-state index < -0.39 is 155 Å². The molecule has 23 heteroatoms. The number of aliphatic hydroxyl groups excluding tert-OH is 11. The van der Waals surface area contributed by atoms with E-state index in [1.54, 1.807) is 6.08 Å². The summed E-state index contributed by atoms with van der Waals surface area (Å²) in [6, 6.07) is -2.62. The highest BCUT2D eigenvalue weighted by Crippen LogP contribution is 2.39. The molecule has 0 aromatic heterocycles. The third-order valence-electron chi connectivity index (χ3n) is 20.2. The van der Waals surface area contributed by atoms with Crippen LogP contribution in [0.4, 0.5) is 0 Å². The third-order valence-corrected chi connectivity index (χ3v) is 20.2. The van der Waals surface area contributed by atoms with Gasteiger partial charge >= 0.3 is 5.97 Å². The molecule has 3 rings (SSSR count). The average molecular weight is 1420 g/mol. The summed E-state index contributed by atoms with van der Waals surface area (Å²) in [6.07, 6.45) is 29.6. The number of allylic oxidation sites excluding steroid dienone is 1. The summed E-state index contributed by atoms with van der Waals surface area (Å²) < 4.78 is 34.9. The topological polar surface area (TPSA) is 373 Å². The Bertz CT molecular complexity index is 2030. The molecule has 0 saturated carbocycles. The first kappa shape index (κ1) is 90.7. The Morgan fingerprint density at radius 3 is 1.34 bits per heavy atom. The molecule has 3 aliphatic heterocycles. The van der Waals surface area contributed by atoms with Gasteiger partial charge in [-0.15, -0.1) is 0 Å². The molecule has 3 fully saturated rings. The highest BCUT2D eigenvalue weighted by Gasteiger charge is 2.60. The number of carbonyl (C=O) groups is 3. The van der Waals surface area contributed by atoms with E-state index in [1.165, 1.54) is 225 Å². The summed E-state index contributed by atoms with van der Waals surface area (Å²) in [4.78, 5) is 38.7. The van der Waals surface area contributed by atoms with E-state index in [4.69, 9.17) is 28.4 Å². The minimum absolute atomic E-state index is 0.206. The molecular weight excluding hydrogens is 1280 g/mol. The lowest BCUT2D eigenvalue weighted by atomic mass is 9.88. The van der Waals surface area contributed by atoms with Crippen molar-refractivity contribution >= 4 is 17.8 Å². The fraction of sp³-hybridized carbons (Fsp3) is 0.934. The number of aliphatic carboxylic acids is 1. The van der Waals surface area contributed by atoms with Crippen molar-refractivity contribution in [2.75, 3.05) is 26.4 Å². The van der Waals surface area contributed by atoms with Crippen molar-refractivity contribution in [3.8, 4) is 0 Å². The first-order chi connectivity index (χ1) is 47.9. The molecule has 0 bridgehead atoms. The highest BCUT2D eigenvalue weighted by atomic mass is 16.8. The number of carboxylic acid groups (broad SMARTS) is 1. The number of hydrogen-bond acceptors (Lipinski definition) is 20. The van der Waals surface area contributed by atoms with Crippen molar-refractivity contribution in [1.82, 2.24) is 10.6 Å². The van der Waals surface area contributed by atoms with Crippen LogP contribution in [-0.2, 0) is 42.8 Å². The molecule has 99 heavy (non-hydrogen) atoms. The predicted molar refractivity (Wildman–Crippen MR) is 380 cm³/mol. The maximum Gasteiger partial charge on any atom is 0.364 e. The van der Waals surface area contributed by atoms with Gasteiger partial charge in [0.15, 0.2) is 12.6 Å². The zero-order valence-electron chi connectivity index (χ0n) is 61.4. The zero-order chi connectivity index (χ0) is 72.5. The molecule has 582 valence electrons. The van der Waals surface area contributed by atoms with Gasteiger partial charge in [0.25, 0.3) is 5.79 Å². The van der Waals surface area contributed by atoms with Crippen molar-refractivity contribution < 1.29 is 104 Å². The van der Waals surface area contributed by atoms with Crippen LogP contribution in [0.1, 0.15) is 316 Å². The molecule has 3 saturated heterocycles. The highest BCUT2D eigenvalue weighted by molar-refractivity contribution is 5.77. The minimum atomic E-state index is -3.08. The number of aliphatic hydroxyl groups is 11. The summed E-state index contributed by atoms with van der Waals surface area (Å²) >= 11 is 0. The molecule has 14 N–H and O–H groups in total. The SMILES string of the molecule is CCCCCCCCCCCCCCCCCCC/C=C/C(O)C(COC1OC(CO)C(OC2OC(CO)C(O)C(OC3(C(=O)O)CC(O)C(NC(C)=O)C(C(O)C(O)CO)O3)C2O)C(O)C1O)NC(=O)CCCCCCCCCCCCCCCCCCCCCCCCCCCC. The quantitative estimate of drug-likeness (QED) is 0.0199. The Kier molecular flexibility index (Phi) is 51.2. The van der Waals surface area contributed by atoms with E-state index in [0.717, 1.165) is 51.9 Å². The van der Waals surface area contributed by atoms with Gasteiger partial charge < -0.3 is 100 Å². The number of hydrogen-bond donors (Lipinski definition) is 14. The molecule has 0 aromatic carbocycles.